The maximum Gasteiger partial charge on any atom is 0.271 e. The minimum Gasteiger partial charge on any atom is -0.485 e. The van der Waals surface area contributed by atoms with Crippen molar-refractivity contribution in [2.45, 2.75) is 25.4 Å². The van der Waals surface area contributed by atoms with Gasteiger partial charge in [0.1, 0.15) is 6.10 Å². The van der Waals surface area contributed by atoms with E-state index in [9.17, 15) is 14.9 Å². The highest BCUT2D eigenvalue weighted by molar-refractivity contribution is 6.34. The van der Waals surface area contributed by atoms with E-state index in [4.69, 9.17) is 16.3 Å². The number of likely N-dealkylation sites (tertiary alicyclic amines) is 1. The third kappa shape index (κ3) is 5.23. The normalized spacial score (nSPS) is 18.9. The number of nitro benzene ring substituents is 1. The number of pyridine rings is 1. The van der Waals surface area contributed by atoms with Gasteiger partial charge in [-0.1, -0.05) is 11.6 Å². The van der Waals surface area contributed by atoms with E-state index < -0.39 is 4.92 Å². The van der Waals surface area contributed by atoms with Crippen molar-refractivity contribution in [1.29, 1.82) is 0 Å². The number of carbonyl (C=O) groups is 1. The summed E-state index contributed by atoms with van der Waals surface area (Å²) in [7, 11) is 0. The van der Waals surface area contributed by atoms with Gasteiger partial charge in [-0.2, -0.15) is 0 Å². The molecule has 0 unspecified atom stereocenters. The van der Waals surface area contributed by atoms with Gasteiger partial charge in [0.25, 0.3) is 5.69 Å². The summed E-state index contributed by atoms with van der Waals surface area (Å²) in [6.07, 6.45) is 4.93. The number of carbonyl (C=O) groups excluding carboxylic acids is 1. The number of ether oxygens (including phenoxy) is 1. The SMILES string of the molecule is O=C(CN1CC[C@H](Oc2cccnc2N2CCCC2)C1)Nc1ccc([N+](=O)[O-])cc1Cl. The van der Waals surface area contributed by atoms with Crippen LogP contribution in [-0.2, 0) is 4.79 Å². The van der Waals surface area contributed by atoms with E-state index in [2.05, 4.69) is 15.2 Å². The second-order valence-electron chi connectivity index (χ2n) is 7.75. The second kappa shape index (κ2) is 9.49. The van der Waals surface area contributed by atoms with Gasteiger partial charge < -0.3 is 15.0 Å². The molecule has 2 saturated heterocycles. The number of hydrogen-bond donors (Lipinski definition) is 1. The third-order valence-electron chi connectivity index (χ3n) is 5.48. The molecule has 1 atom stereocenters. The molecule has 2 aromatic rings. The van der Waals surface area contributed by atoms with Crippen LogP contribution in [0.5, 0.6) is 5.75 Å². The smallest absolute Gasteiger partial charge is 0.271 e. The molecule has 31 heavy (non-hydrogen) atoms. The van der Waals surface area contributed by atoms with Crippen LogP contribution in [0.3, 0.4) is 0 Å². The van der Waals surface area contributed by atoms with Gasteiger partial charge in [-0.3, -0.25) is 19.8 Å². The Bertz CT molecular complexity index is 967. The van der Waals surface area contributed by atoms with Crippen molar-refractivity contribution in [1.82, 2.24) is 9.88 Å². The molecule has 1 amide bonds. The molecule has 1 aromatic carbocycles. The van der Waals surface area contributed by atoms with Crippen LogP contribution in [0.2, 0.25) is 5.02 Å². The number of halogens is 1. The highest BCUT2D eigenvalue weighted by Crippen LogP contribution is 2.30. The Morgan fingerprint density at radius 1 is 1.29 bits per heavy atom. The van der Waals surface area contributed by atoms with E-state index in [0.717, 1.165) is 37.6 Å². The number of nitrogens with zero attached hydrogens (tertiary/aromatic N) is 4. The number of aromatic nitrogens is 1. The monoisotopic (exact) mass is 445 g/mol. The van der Waals surface area contributed by atoms with Gasteiger partial charge in [-0.05, 0) is 37.5 Å². The highest BCUT2D eigenvalue weighted by atomic mass is 35.5. The van der Waals surface area contributed by atoms with Crippen molar-refractivity contribution < 1.29 is 14.5 Å². The predicted molar refractivity (Wildman–Crippen MR) is 118 cm³/mol. The molecular formula is C21H24ClN5O4. The van der Waals surface area contributed by atoms with Gasteiger partial charge in [0.15, 0.2) is 11.6 Å². The number of rotatable bonds is 7. The van der Waals surface area contributed by atoms with E-state index in [1.165, 1.54) is 31.0 Å². The molecule has 2 fully saturated rings. The summed E-state index contributed by atoms with van der Waals surface area (Å²) >= 11 is 6.05. The van der Waals surface area contributed by atoms with E-state index in [1.54, 1.807) is 6.20 Å². The van der Waals surface area contributed by atoms with Crippen molar-refractivity contribution >= 4 is 34.7 Å². The fourth-order valence-electron chi connectivity index (χ4n) is 3.97. The standard InChI is InChI=1S/C21H24ClN5O4/c22-17-12-15(27(29)30)5-6-18(17)24-20(28)14-25-11-7-16(13-25)31-19-4-3-8-23-21(19)26-9-1-2-10-26/h3-6,8,12,16H,1-2,7,9-11,13-14H2,(H,24,28)/t16-/m0/s1. The van der Waals surface area contributed by atoms with Crippen molar-refractivity contribution in [2.75, 3.05) is 42.9 Å². The largest absolute Gasteiger partial charge is 0.485 e. The zero-order valence-electron chi connectivity index (χ0n) is 17.0. The first kappa shape index (κ1) is 21.3. The number of nitrogens with one attached hydrogen (secondary N) is 1. The second-order valence-corrected chi connectivity index (χ2v) is 8.16. The summed E-state index contributed by atoms with van der Waals surface area (Å²) in [4.78, 5) is 31.5. The van der Waals surface area contributed by atoms with Crippen LogP contribution in [0.15, 0.2) is 36.5 Å². The van der Waals surface area contributed by atoms with Crippen molar-refractivity contribution in [2.24, 2.45) is 0 Å². The molecule has 2 aliphatic heterocycles. The lowest BCUT2D eigenvalue weighted by Crippen LogP contribution is -2.33. The fraction of sp³-hybridized carbons (Fsp3) is 0.429. The summed E-state index contributed by atoms with van der Waals surface area (Å²) in [6, 6.07) is 7.81. The summed E-state index contributed by atoms with van der Waals surface area (Å²) in [6.45, 7) is 3.56. The van der Waals surface area contributed by atoms with Gasteiger partial charge in [0, 0.05) is 44.5 Å². The lowest BCUT2D eigenvalue weighted by molar-refractivity contribution is -0.384. The average molecular weight is 446 g/mol. The Kier molecular flexibility index (Phi) is 6.53. The van der Waals surface area contributed by atoms with Crippen molar-refractivity contribution in [3.63, 3.8) is 0 Å². The van der Waals surface area contributed by atoms with E-state index in [0.29, 0.717) is 12.2 Å². The zero-order valence-corrected chi connectivity index (χ0v) is 17.8. The molecule has 2 aliphatic rings. The van der Waals surface area contributed by atoms with Gasteiger partial charge in [0.05, 0.1) is 22.2 Å². The first-order chi connectivity index (χ1) is 15.0. The molecule has 164 valence electrons. The van der Waals surface area contributed by atoms with Crippen molar-refractivity contribution in [3.05, 3.63) is 51.7 Å². The van der Waals surface area contributed by atoms with Crippen LogP contribution in [0, 0.1) is 10.1 Å². The van der Waals surface area contributed by atoms with E-state index in [-0.39, 0.29) is 29.3 Å². The van der Waals surface area contributed by atoms with E-state index >= 15 is 0 Å². The molecule has 0 bridgehead atoms. The first-order valence-corrected chi connectivity index (χ1v) is 10.7. The van der Waals surface area contributed by atoms with Gasteiger partial charge in [0.2, 0.25) is 5.91 Å². The zero-order chi connectivity index (χ0) is 21.8. The maximum atomic E-state index is 12.4. The number of hydrogen-bond acceptors (Lipinski definition) is 7. The molecule has 9 nitrogen and oxygen atoms in total. The lowest BCUT2D eigenvalue weighted by Gasteiger charge is -2.22. The molecule has 0 spiro atoms. The molecule has 1 N–H and O–H groups in total. The number of benzene rings is 1. The Morgan fingerprint density at radius 3 is 2.84 bits per heavy atom. The molecule has 4 rings (SSSR count). The summed E-state index contributed by atoms with van der Waals surface area (Å²) in [5.41, 5.74) is 0.237. The van der Waals surface area contributed by atoms with Crippen LogP contribution >= 0.6 is 11.6 Å². The summed E-state index contributed by atoms with van der Waals surface area (Å²) in [5.74, 6) is 1.46. The van der Waals surface area contributed by atoms with Crippen LogP contribution in [0.4, 0.5) is 17.2 Å². The van der Waals surface area contributed by atoms with E-state index in [1.807, 2.05) is 17.0 Å². The highest BCUT2D eigenvalue weighted by Gasteiger charge is 2.27. The van der Waals surface area contributed by atoms with Crippen LogP contribution in [0.1, 0.15) is 19.3 Å². The van der Waals surface area contributed by atoms with Crippen LogP contribution < -0.4 is 15.0 Å². The topological polar surface area (TPSA) is 101 Å². The molecule has 0 aliphatic carbocycles. The lowest BCUT2D eigenvalue weighted by atomic mass is 10.3. The Balaban J connectivity index is 1.31. The minimum atomic E-state index is -0.529. The summed E-state index contributed by atoms with van der Waals surface area (Å²) < 4.78 is 6.24. The number of non-ortho nitro benzene ring substituents is 1. The quantitative estimate of drug-likeness (QED) is 0.515. The van der Waals surface area contributed by atoms with Gasteiger partial charge in [-0.15, -0.1) is 0 Å². The van der Waals surface area contributed by atoms with Crippen LogP contribution in [0.25, 0.3) is 0 Å². The average Bonchev–Trinajstić information content (AvgIpc) is 3.42. The van der Waals surface area contributed by atoms with Crippen molar-refractivity contribution in [3.8, 4) is 5.75 Å². The third-order valence-corrected chi connectivity index (χ3v) is 5.80. The molecule has 10 heteroatoms. The predicted octanol–water partition coefficient (Wildman–Crippen LogP) is 3.34. The number of amides is 1. The maximum absolute atomic E-state index is 12.4. The van der Waals surface area contributed by atoms with Crippen LogP contribution in [-0.4, -0.2) is 59.5 Å². The Labute approximate surface area is 185 Å². The molecule has 0 saturated carbocycles. The minimum absolute atomic E-state index is 0.0127. The molecule has 1 aromatic heterocycles. The first-order valence-electron chi connectivity index (χ1n) is 10.3. The molecular weight excluding hydrogens is 422 g/mol. The fourth-order valence-corrected chi connectivity index (χ4v) is 4.19. The Morgan fingerprint density at radius 2 is 2.10 bits per heavy atom. The number of anilines is 2. The van der Waals surface area contributed by atoms with Gasteiger partial charge >= 0.3 is 0 Å². The summed E-state index contributed by atoms with van der Waals surface area (Å²) in [5, 5.41) is 13.7. The molecule has 3 heterocycles. The Hall–Kier alpha value is -2.91. The number of nitro groups is 1. The molecule has 0 radical (unpaired) electrons. The van der Waals surface area contributed by atoms with Gasteiger partial charge in [-0.25, -0.2) is 4.98 Å².